The van der Waals surface area contributed by atoms with Crippen molar-refractivity contribution in [1.82, 2.24) is 10.6 Å². The van der Waals surface area contributed by atoms with E-state index in [1.54, 1.807) is 18.2 Å². The first kappa shape index (κ1) is 16.0. The lowest BCUT2D eigenvalue weighted by atomic mass is 10.2. The molecule has 110 valence electrons. The van der Waals surface area contributed by atoms with E-state index < -0.39 is 0 Å². The summed E-state index contributed by atoms with van der Waals surface area (Å²) in [6.45, 7) is 7.07. The number of hydrogen-bond acceptors (Lipinski definition) is 3. The Kier molecular flexibility index (Phi) is 6.56. The third kappa shape index (κ3) is 5.73. The molecule has 2 amide bonds. The summed E-state index contributed by atoms with van der Waals surface area (Å²) in [6.07, 6.45) is 0. The summed E-state index contributed by atoms with van der Waals surface area (Å²) in [6, 6.07) is 6.93. The molecular weight excluding hydrogens is 256 g/mol. The molecule has 0 unspecified atom stereocenters. The van der Waals surface area contributed by atoms with Crippen LogP contribution in [0.2, 0.25) is 0 Å². The number of likely N-dealkylation sites (N-methyl/N-ethyl adjacent to an activating group) is 1. The molecule has 0 radical (unpaired) electrons. The molecule has 0 saturated carbocycles. The van der Waals surface area contributed by atoms with Gasteiger partial charge in [-0.15, -0.1) is 0 Å². The number of nitrogens with one attached hydrogen (secondary N) is 2. The second kappa shape index (κ2) is 8.19. The molecule has 5 nitrogen and oxygen atoms in total. The second-order valence-corrected chi connectivity index (χ2v) is 4.87. The first-order valence-corrected chi connectivity index (χ1v) is 6.80. The van der Waals surface area contributed by atoms with E-state index in [4.69, 9.17) is 4.74 Å². The van der Waals surface area contributed by atoms with E-state index in [2.05, 4.69) is 24.5 Å². The fourth-order valence-corrected chi connectivity index (χ4v) is 1.51. The lowest BCUT2D eigenvalue weighted by molar-refractivity contribution is -0.120. The molecule has 1 rings (SSSR count). The van der Waals surface area contributed by atoms with Crippen LogP contribution in [0.1, 0.15) is 31.1 Å². The highest BCUT2D eigenvalue weighted by Crippen LogP contribution is 2.14. The van der Waals surface area contributed by atoms with Crippen LogP contribution in [0.5, 0.6) is 5.75 Å². The minimum Gasteiger partial charge on any atom is -0.493 e. The molecule has 1 aromatic rings. The zero-order valence-electron chi connectivity index (χ0n) is 12.2. The van der Waals surface area contributed by atoms with E-state index in [9.17, 15) is 9.59 Å². The molecule has 20 heavy (non-hydrogen) atoms. The van der Waals surface area contributed by atoms with E-state index in [1.807, 2.05) is 13.0 Å². The zero-order valence-corrected chi connectivity index (χ0v) is 12.2. The molecule has 0 fully saturated rings. The van der Waals surface area contributed by atoms with Gasteiger partial charge in [0.15, 0.2) is 0 Å². The minimum atomic E-state index is -0.286. The topological polar surface area (TPSA) is 67.4 Å². The Balaban J connectivity index is 2.55. The maximum atomic E-state index is 11.9. The SMILES string of the molecule is CCNC(=O)CNC(=O)c1cccc(OCC(C)C)c1. The molecule has 5 heteroatoms. The van der Waals surface area contributed by atoms with Crippen LogP contribution in [0.25, 0.3) is 0 Å². The Morgan fingerprint density at radius 2 is 2.00 bits per heavy atom. The van der Waals surface area contributed by atoms with Gasteiger partial charge in [-0.1, -0.05) is 19.9 Å². The van der Waals surface area contributed by atoms with Gasteiger partial charge < -0.3 is 15.4 Å². The third-order valence-corrected chi connectivity index (χ3v) is 2.46. The van der Waals surface area contributed by atoms with E-state index in [-0.39, 0.29) is 18.4 Å². The third-order valence-electron chi connectivity index (χ3n) is 2.46. The summed E-state index contributed by atoms with van der Waals surface area (Å²) in [5.41, 5.74) is 0.482. The average Bonchev–Trinajstić information content (AvgIpc) is 2.43. The van der Waals surface area contributed by atoms with Crippen LogP contribution in [0, 0.1) is 5.92 Å². The quantitative estimate of drug-likeness (QED) is 0.796. The first-order chi connectivity index (χ1) is 9.52. The van der Waals surface area contributed by atoms with Crippen molar-refractivity contribution in [2.45, 2.75) is 20.8 Å². The number of benzene rings is 1. The lowest BCUT2D eigenvalue weighted by Gasteiger charge is -2.10. The second-order valence-electron chi connectivity index (χ2n) is 4.87. The maximum Gasteiger partial charge on any atom is 0.251 e. The van der Waals surface area contributed by atoms with Crippen molar-refractivity contribution in [3.8, 4) is 5.75 Å². The van der Waals surface area contributed by atoms with Crippen LogP contribution in [-0.4, -0.2) is 31.5 Å². The van der Waals surface area contributed by atoms with Gasteiger partial charge in [-0.05, 0) is 31.0 Å². The smallest absolute Gasteiger partial charge is 0.251 e. The summed E-state index contributed by atoms with van der Waals surface area (Å²) in [4.78, 5) is 23.2. The van der Waals surface area contributed by atoms with E-state index >= 15 is 0 Å². The summed E-state index contributed by atoms with van der Waals surface area (Å²) < 4.78 is 5.56. The van der Waals surface area contributed by atoms with E-state index in [1.165, 1.54) is 0 Å². The van der Waals surface area contributed by atoms with Crippen molar-refractivity contribution in [3.63, 3.8) is 0 Å². The Morgan fingerprint density at radius 1 is 1.25 bits per heavy atom. The highest BCUT2D eigenvalue weighted by atomic mass is 16.5. The maximum absolute atomic E-state index is 11.9. The largest absolute Gasteiger partial charge is 0.493 e. The minimum absolute atomic E-state index is 0.0241. The van der Waals surface area contributed by atoms with Crippen LogP contribution in [-0.2, 0) is 4.79 Å². The van der Waals surface area contributed by atoms with E-state index in [0.717, 1.165) is 0 Å². The number of amides is 2. The number of carbonyl (C=O) groups excluding carboxylic acids is 2. The Labute approximate surface area is 119 Å². The van der Waals surface area contributed by atoms with Crippen LogP contribution in [0.4, 0.5) is 0 Å². The van der Waals surface area contributed by atoms with Gasteiger partial charge in [0.1, 0.15) is 5.75 Å². The predicted octanol–water partition coefficient (Wildman–Crippen LogP) is 1.59. The average molecular weight is 278 g/mol. The Morgan fingerprint density at radius 3 is 2.65 bits per heavy atom. The van der Waals surface area contributed by atoms with Gasteiger partial charge >= 0.3 is 0 Å². The highest BCUT2D eigenvalue weighted by molar-refractivity contribution is 5.96. The zero-order chi connectivity index (χ0) is 15.0. The van der Waals surface area contributed by atoms with Gasteiger partial charge in [-0.2, -0.15) is 0 Å². The summed E-state index contributed by atoms with van der Waals surface area (Å²) in [5.74, 6) is 0.592. The molecular formula is C15H22N2O3. The van der Waals surface area contributed by atoms with Gasteiger partial charge in [-0.25, -0.2) is 0 Å². The first-order valence-electron chi connectivity index (χ1n) is 6.80. The lowest BCUT2D eigenvalue weighted by Crippen LogP contribution is -2.36. The number of ether oxygens (including phenoxy) is 1. The van der Waals surface area contributed by atoms with Crippen molar-refractivity contribution in [3.05, 3.63) is 29.8 Å². The molecule has 0 atom stereocenters. The van der Waals surface area contributed by atoms with Gasteiger partial charge in [0.2, 0.25) is 5.91 Å². The van der Waals surface area contributed by atoms with Gasteiger partial charge in [0.25, 0.3) is 5.91 Å². The van der Waals surface area contributed by atoms with Crippen molar-refractivity contribution in [1.29, 1.82) is 0 Å². The monoisotopic (exact) mass is 278 g/mol. The van der Waals surface area contributed by atoms with Crippen LogP contribution in [0.15, 0.2) is 24.3 Å². The van der Waals surface area contributed by atoms with Crippen molar-refractivity contribution in [2.75, 3.05) is 19.7 Å². The van der Waals surface area contributed by atoms with E-state index in [0.29, 0.717) is 30.4 Å². The van der Waals surface area contributed by atoms with Gasteiger partial charge in [-0.3, -0.25) is 9.59 Å². The molecule has 1 aromatic carbocycles. The fraction of sp³-hybridized carbons (Fsp3) is 0.467. The van der Waals surface area contributed by atoms with Crippen molar-refractivity contribution in [2.24, 2.45) is 5.92 Å². The molecule has 2 N–H and O–H groups in total. The van der Waals surface area contributed by atoms with Crippen LogP contribution < -0.4 is 15.4 Å². The van der Waals surface area contributed by atoms with Crippen molar-refractivity contribution < 1.29 is 14.3 Å². The molecule has 0 heterocycles. The van der Waals surface area contributed by atoms with Crippen LogP contribution in [0.3, 0.4) is 0 Å². The molecule has 0 bridgehead atoms. The predicted molar refractivity (Wildman–Crippen MR) is 77.8 cm³/mol. The Hall–Kier alpha value is -2.04. The molecule has 0 saturated heterocycles. The van der Waals surface area contributed by atoms with Crippen LogP contribution >= 0.6 is 0 Å². The van der Waals surface area contributed by atoms with Gasteiger partial charge in [0.05, 0.1) is 13.2 Å². The molecule has 0 aromatic heterocycles. The molecule has 0 aliphatic heterocycles. The summed E-state index contributed by atoms with van der Waals surface area (Å²) >= 11 is 0. The Bertz CT molecular complexity index is 458. The summed E-state index contributed by atoms with van der Waals surface area (Å²) in [7, 11) is 0. The molecule has 0 aliphatic rings. The number of rotatable bonds is 7. The number of hydrogen-bond donors (Lipinski definition) is 2. The number of carbonyl (C=O) groups is 2. The summed E-state index contributed by atoms with van der Waals surface area (Å²) in [5, 5.41) is 5.19. The van der Waals surface area contributed by atoms with Crippen molar-refractivity contribution >= 4 is 11.8 Å². The van der Waals surface area contributed by atoms with Gasteiger partial charge in [0, 0.05) is 12.1 Å². The normalized spacial score (nSPS) is 10.2. The standard InChI is InChI=1S/C15H22N2O3/c1-4-16-14(18)9-17-15(19)12-6-5-7-13(8-12)20-10-11(2)3/h5-8,11H,4,9-10H2,1-3H3,(H,16,18)(H,17,19). The molecule has 0 aliphatic carbocycles. The molecule has 0 spiro atoms. The fourth-order valence-electron chi connectivity index (χ4n) is 1.51. The highest BCUT2D eigenvalue weighted by Gasteiger charge is 2.08.